The van der Waals surface area contributed by atoms with E-state index in [0.717, 1.165) is 6.42 Å². The second-order valence-corrected chi connectivity index (χ2v) is 4.02. The van der Waals surface area contributed by atoms with Crippen molar-refractivity contribution in [1.82, 2.24) is 4.90 Å². The zero-order chi connectivity index (χ0) is 11.5. The molecule has 1 aliphatic heterocycles. The maximum absolute atomic E-state index is 10.8. The summed E-state index contributed by atoms with van der Waals surface area (Å²) >= 11 is 0. The summed E-state index contributed by atoms with van der Waals surface area (Å²) in [5.74, 6) is 0. The van der Waals surface area contributed by atoms with E-state index < -0.39 is 6.09 Å². The molecule has 1 aromatic rings. The first-order valence-electron chi connectivity index (χ1n) is 5.41. The molecule has 0 aromatic heterocycles. The van der Waals surface area contributed by atoms with Crippen LogP contribution in [0, 0.1) is 6.92 Å². The van der Waals surface area contributed by atoms with Gasteiger partial charge in [-0.05, 0) is 30.0 Å². The van der Waals surface area contributed by atoms with Gasteiger partial charge >= 0.3 is 6.09 Å². The number of hydrogen-bond donors (Lipinski definition) is 1. The van der Waals surface area contributed by atoms with Gasteiger partial charge in [0.2, 0.25) is 0 Å². The van der Waals surface area contributed by atoms with Crippen LogP contribution in [0.2, 0.25) is 0 Å². The molecule has 1 heterocycles. The maximum Gasteiger partial charge on any atom is 0.407 e. The third kappa shape index (κ3) is 2.08. The predicted octanol–water partition coefficient (Wildman–Crippen LogP) is 2.76. The van der Waals surface area contributed by atoms with Crippen molar-refractivity contribution in [3.8, 4) is 0 Å². The molecular weight excluding hydrogens is 202 g/mol. The number of benzene rings is 1. The minimum absolute atomic E-state index is 0.499. The van der Waals surface area contributed by atoms with Crippen molar-refractivity contribution in [1.29, 1.82) is 0 Å². The molecule has 0 fully saturated rings. The van der Waals surface area contributed by atoms with Crippen LogP contribution in [0.1, 0.15) is 17.5 Å². The molecule has 3 heteroatoms. The maximum atomic E-state index is 10.8. The molecule has 0 unspecified atom stereocenters. The molecule has 0 bridgehead atoms. The lowest BCUT2D eigenvalue weighted by Crippen LogP contribution is -2.33. The number of rotatable bonds is 1. The summed E-state index contributed by atoms with van der Waals surface area (Å²) in [6.45, 7) is 3.17. The molecule has 0 saturated carbocycles. The highest BCUT2D eigenvalue weighted by atomic mass is 16.4. The first kappa shape index (κ1) is 10.7. The Morgan fingerprint density at radius 2 is 2.12 bits per heavy atom. The minimum Gasteiger partial charge on any atom is -0.465 e. The average molecular weight is 217 g/mol. The van der Waals surface area contributed by atoms with Gasteiger partial charge in [-0.1, -0.05) is 30.3 Å². The summed E-state index contributed by atoms with van der Waals surface area (Å²) in [7, 11) is 0. The first-order chi connectivity index (χ1) is 7.68. The second-order valence-electron chi connectivity index (χ2n) is 4.02. The molecule has 84 valence electrons. The summed E-state index contributed by atoms with van der Waals surface area (Å²) < 4.78 is 0. The highest BCUT2D eigenvalue weighted by Gasteiger charge is 2.17. The van der Waals surface area contributed by atoms with Gasteiger partial charge in [0.1, 0.15) is 0 Å². The molecule has 0 atom stereocenters. The number of aryl methyl sites for hydroxylation is 1. The van der Waals surface area contributed by atoms with Gasteiger partial charge in [-0.2, -0.15) is 0 Å². The van der Waals surface area contributed by atoms with E-state index in [1.54, 1.807) is 0 Å². The average Bonchev–Trinajstić information content (AvgIpc) is 2.30. The van der Waals surface area contributed by atoms with Crippen molar-refractivity contribution in [2.24, 2.45) is 0 Å². The molecule has 0 saturated heterocycles. The van der Waals surface area contributed by atoms with E-state index in [-0.39, 0.29) is 0 Å². The fourth-order valence-corrected chi connectivity index (χ4v) is 2.02. The van der Waals surface area contributed by atoms with Crippen LogP contribution < -0.4 is 0 Å². The Balaban J connectivity index is 2.19. The van der Waals surface area contributed by atoms with E-state index in [1.165, 1.54) is 21.6 Å². The van der Waals surface area contributed by atoms with E-state index in [9.17, 15) is 4.79 Å². The topological polar surface area (TPSA) is 40.5 Å². The zero-order valence-electron chi connectivity index (χ0n) is 9.31. The quantitative estimate of drug-likeness (QED) is 0.785. The Hall–Kier alpha value is -1.77. The lowest BCUT2D eigenvalue weighted by molar-refractivity contribution is 0.150. The second kappa shape index (κ2) is 4.39. The van der Waals surface area contributed by atoms with Gasteiger partial charge < -0.3 is 10.0 Å². The highest BCUT2D eigenvalue weighted by molar-refractivity contribution is 5.72. The first-order valence-corrected chi connectivity index (χ1v) is 5.41. The zero-order valence-corrected chi connectivity index (χ0v) is 9.31. The molecule has 1 amide bonds. The standard InChI is InChI=1S/C13H15NO2/c1-10-4-2-3-5-12(10)11-6-8-14(9-7-11)13(15)16/h2-6H,7-9H2,1H3,(H,15,16). The van der Waals surface area contributed by atoms with Crippen LogP contribution in [0.5, 0.6) is 0 Å². The lowest BCUT2D eigenvalue weighted by Gasteiger charge is -2.24. The van der Waals surface area contributed by atoms with Crippen molar-refractivity contribution in [3.63, 3.8) is 0 Å². The third-order valence-corrected chi connectivity index (χ3v) is 2.97. The summed E-state index contributed by atoms with van der Waals surface area (Å²) in [5, 5.41) is 8.85. The van der Waals surface area contributed by atoms with Crippen LogP contribution in [0.15, 0.2) is 30.3 Å². The van der Waals surface area contributed by atoms with Gasteiger partial charge in [0.15, 0.2) is 0 Å². The molecular formula is C13H15NO2. The number of nitrogens with zero attached hydrogens (tertiary/aromatic N) is 1. The van der Waals surface area contributed by atoms with Crippen LogP contribution in [-0.2, 0) is 0 Å². The van der Waals surface area contributed by atoms with E-state index in [4.69, 9.17) is 5.11 Å². The summed E-state index contributed by atoms with van der Waals surface area (Å²) in [6.07, 6.45) is 1.98. The molecule has 0 spiro atoms. The number of carbonyl (C=O) groups is 1. The summed E-state index contributed by atoms with van der Waals surface area (Å²) in [6, 6.07) is 8.22. The summed E-state index contributed by atoms with van der Waals surface area (Å²) in [5.41, 5.74) is 3.75. The third-order valence-electron chi connectivity index (χ3n) is 2.97. The van der Waals surface area contributed by atoms with Gasteiger partial charge in [0.25, 0.3) is 0 Å². The largest absolute Gasteiger partial charge is 0.465 e. The van der Waals surface area contributed by atoms with E-state index in [1.807, 2.05) is 18.2 Å². The molecule has 3 nitrogen and oxygen atoms in total. The molecule has 16 heavy (non-hydrogen) atoms. The highest BCUT2D eigenvalue weighted by Crippen LogP contribution is 2.24. The minimum atomic E-state index is -0.833. The van der Waals surface area contributed by atoms with Gasteiger partial charge in [0.05, 0.1) is 0 Å². The SMILES string of the molecule is Cc1ccccc1C1=CCN(C(=O)O)CC1. The van der Waals surface area contributed by atoms with Crippen LogP contribution in [0.25, 0.3) is 5.57 Å². The van der Waals surface area contributed by atoms with Crippen molar-refractivity contribution in [2.45, 2.75) is 13.3 Å². The van der Waals surface area contributed by atoms with E-state index in [2.05, 4.69) is 19.1 Å². The molecule has 1 aliphatic rings. The van der Waals surface area contributed by atoms with Crippen LogP contribution in [-0.4, -0.2) is 29.2 Å². The molecule has 1 aromatic carbocycles. The summed E-state index contributed by atoms with van der Waals surface area (Å²) in [4.78, 5) is 12.2. The smallest absolute Gasteiger partial charge is 0.407 e. The van der Waals surface area contributed by atoms with Gasteiger partial charge in [-0.3, -0.25) is 0 Å². The number of carboxylic acid groups (broad SMARTS) is 1. The van der Waals surface area contributed by atoms with Crippen LogP contribution in [0.3, 0.4) is 0 Å². The predicted molar refractivity (Wildman–Crippen MR) is 63.4 cm³/mol. The molecule has 0 radical (unpaired) electrons. The van der Waals surface area contributed by atoms with Crippen molar-refractivity contribution in [2.75, 3.05) is 13.1 Å². The molecule has 0 aliphatic carbocycles. The van der Waals surface area contributed by atoms with E-state index >= 15 is 0 Å². The monoisotopic (exact) mass is 217 g/mol. The Kier molecular flexibility index (Phi) is 2.95. The normalized spacial score (nSPS) is 15.8. The fraction of sp³-hybridized carbons (Fsp3) is 0.308. The Labute approximate surface area is 95.0 Å². The van der Waals surface area contributed by atoms with E-state index in [0.29, 0.717) is 13.1 Å². The Morgan fingerprint density at radius 3 is 2.69 bits per heavy atom. The van der Waals surface area contributed by atoms with Crippen molar-refractivity contribution >= 4 is 11.7 Å². The Bertz CT molecular complexity index is 437. The number of hydrogen-bond acceptors (Lipinski definition) is 1. The van der Waals surface area contributed by atoms with Crippen molar-refractivity contribution in [3.05, 3.63) is 41.5 Å². The fourth-order valence-electron chi connectivity index (χ4n) is 2.02. The van der Waals surface area contributed by atoms with Crippen LogP contribution in [0.4, 0.5) is 4.79 Å². The molecule has 2 rings (SSSR count). The molecule has 1 N–H and O–H groups in total. The Morgan fingerprint density at radius 1 is 1.38 bits per heavy atom. The van der Waals surface area contributed by atoms with Crippen LogP contribution >= 0.6 is 0 Å². The van der Waals surface area contributed by atoms with Gasteiger partial charge in [-0.15, -0.1) is 0 Å². The van der Waals surface area contributed by atoms with Gasteiger partial charge in [0, 0.05) is 13.1 Å². The van der Waals surface area contributed by atoms with Gasteiger partial charge in [-0.25, -0.2) is 4.79 Å². The van der Waals surface area contributed by atoms with Crippen molar-refractivity contribution < 1.29 is 9.90 Å². The number of amides is 1. The lowest BCUT2D eigenvalue weighted by atomic mass is 9.96.